The largest absolute Gasteiger partial charge is 0.478 e. The van der Waals surface area contributed by atoms with Crippen LogP contribution in [0.3, 0.4) is 0 Å². The van der Waals surface area contributed by atoms with Crippen molar-refractivity contribution in [2.45, 2.75) is 257 Å². The number of esters is 1. The number of halogens is 8. The van der Waals surface area contributed by atoms with Crippen molar-refractivity contribution in [3.8, 4) is 6.07 Å². The average molecular weight is 1550 g/mol. The third-order valence-electron chi connectivity index (χ3n) is 15.9. The summed E-state index contributed by atoms with van der Waals surface area (Å²) in [5.41, 5.74) is 1.98. The molecule has 0 saturated heterocycles. The van der Waals surface area contributed by atoms with Crippen molar-refractivity contribution in [3.05, 3.63) is 90.4 Å². The fraction of sp³-hybridized carbons (Fsp3) is 0.594. The van der Waals surface area contributed by atoms with Crippen molar-refractivity contribution in [2.24, 2.45) is 5.73 Å². The van der Waals surface area contributed by atoms with Crippen LogP contribution in [-0.2, 0) is 23.7 Å². The van der Waals surface area contributed by atoms with Gasteiger partial charge in [0.2, 0.25) is 0 Å². The number of aromatic nitrogens is 4. The molecule has 27 nitrogen and oxygen atoms in total. The standard InChI is InChI=1S/C18H25ClFN3O4.C17H24ClFN4O3.C17H22ClFN4O2.C17H23ClFN3O4/c1-18(2,3)27-17(25)22-13-8-6-5-7-12(13)21-15-11(20)9-10(14(19)23-15)16(24)26-4;1-17(2,3)26-16(25)22-12-7-5-4-6-11(12)21-15-10(19)8-9(14(20)24)13(18)23-15;1-17(2,3)25-16(24)22-13-7-5-4-6-12(13)21-15-11(19)8-10(9-20)14(18)23-15;1-17(2,3)26-16(25)21-12-7-5-4-6-11(12)20-14-10(19)8-9(15(23)24)13(18)22-14/h9,12-13H,5-8H2,1-4H3,(H,21,23)(H,22,25);8,11-12H,4-7H2,1-3H3,(H2,20,24)(H,21,23)(H,22,25);8,12-13H,4-7H2,1-3H3,(H,21,23)(H,22,24);8,11-12H,4-7H2,1-3H3,(H,20,22)(H,21,25)(H,23,24)/t12-,13+;11-,12+;12-,13+;11-,12+/m1111/s1. The number of nitrogens with one attached hydrogen (secondary N) is 8. The Balaban J connectivity index is 0.000000249. The summed E-state index contributed by atoms with van der Waals surface area (Å²) in [5, 5.41) is 40.4. The van der Waals surface area contributed by atoms with E-state index in [4.69, 9.17) is 81.5 Å². The molecular formula is C69H94Cl4F4N14O13. The molecule has 0 bridgehead atoms. The van der Waals surface area contributed by atoms with Crippen LogP contribution in [0.15, 0.2) is 24.3 Å². The Morgan fingerprint density at radius 3 is 0.933 bits per heavy atom. The number of nitrogens with two attached hydrogens (primary N) is 1. The second-order valence-electron chi connectivity index (χ2n) is 29.1. The van der Waals surface area contributed by atoms with E-state index in [0.29, 0.717) is 12.8 Å². The molecule has 4 fully saturated rings. The number of nitriles is 1. The Morgan fingerprint density at radius 2 is 0.673 bits per heavy atom. The topological polar surface area (TPSA) is 383 Å². The van der Waals surface area contributed by atoms with Crippen LogP contribution in [0.4, 0.5) is 60.0 Å². The van der Waals surface area contributed by atoms with Crippen molar-refractivity contribution >= 4 is 112 Å². The normalized spacial score (nSPS) is 20.3. The minimum atomic E-state index is -1.35. The number of amides is 5. The lowest BCUT2D eigenvalue weighted by molar-refractivity contribution is 0.0477. The fourth-order valence-electron chi connectivity index (χ4n) is 11.4. The SMILES string of the molecule is CC(C)(C)OC(=O)N[C@H]1CCCC[C@H]1Nc1nc(Cl)c(C#N)cc1F.CC(C)(C)OC(=O)N[C@H]1CCCC[C@H]1Nc1nc(Cl)c(C(=O)O)cc1F.CC(C)(C)OC(=O)N[C@H]1CCCC[C@H]1Nc1nc(Cl)c(C(N)=O)cc1F.COC(=O)c1cc(F)c(N[C@@H]2CCCC[C@@H]2NC(=O)OC(C)(C)C)nc1Cl. The number of carboxylic acid groups (broad SMARTS) is 1. The van der Waals surface area contributed by atoms with E-state index in [1.54, 1.807) is 89.2 Å². The van der Waals surface area contributed by atoms with Crippen molar-refractivity contribution < 1.29 is 79.9 Å². The second kappa shape index (κ2) is 38.6. The molecule has 4 aliphatic carbocycles. The molecule has 0 aromatic carbocycles. The van der Waals surface area contributed by atoms with Gasteiger partial charge in [-0.25, -0.2) is 66.3 Å². The molecule has 4 aromatic rings. The van der Waals surface area contributed by atoms with Crippen LogP contribution in [0, 0.1) is 34.6 Å². The Labute approximate surface area is 622 Å². The number of carboxylic acids is 1. The van der Waals surface area contributed by atoms with Gasteiger partial charge < -0.3 is 77.1 Å². The average Bonchev–Trinajstić information content (AvgIpc) is 0.832. The highest BCUT2D eigenvalue weighted by Gasteiger charge is 2.35. The molecule has 4 saturated carbocycles. The molecule has 5 amide bonds. The van der Waals surface area contributed by atoms with E-state index in [0.717, 1.165) is 114 Å². The summed E-state index contributed by atoms with van der Waals surface area (Å²) in [6, 6.07) is 3.70. The molecule has 8 rings (SSSR count). The molecule has 0 aliphatic heterocycles. The van der Waals surface area contributed by atoms with Gasteiger partial charge in [-0.15, -0.1) is 0 Å². The third kappa shape index (κ3) is 28.6. The number of nitrogens with zero attached hydrogens (tertiary/aromatic N) is 5. The molecule has 4 aliphatic rings. The van der Waals surface area contributed by atoms with E-state index in [9.17, 15) is 51.1 Å². The minimum Gasteiger partial charge on any atom is -0.478 e. The van der Waals surface area contributed by atoms with Gasteiger partial charge in [0, 0.05) is 24.2 Å². The number of ether oxygens (including phenoxy) is 5. The van der Waals surface area contributed by atoms with Gasteiger partial charge in [-0.05, 0) is 159 Å². The summed E-state index contributed by atoms with van der Waals surface area (Å²) in [4.78, 5) is 97.5. The molecule has 11 N–H and O–H groups in total. The van der Waals surface area contributed by atoms with Crippen LogP contribution >= 0.6 is 46.4 Å². The first-order valence-electron chi connectivity index (χ1n) is 33.9. The second-order valence-corrected chi connectivity index (χ2v) is 30.5. The number of carbonyl (C=O) groups is 7. The summed E-state index contributed by atoms with van der Waals surface area (Å²) in [6.45, 7) is 21.4. The van der Waals surface area contributed by atoms with Crippen LogP contribution in [0.25, 0.3) is 0 Å². The van der Waals surface area contributed by atoms with Gasteiger partial charge in [-0.2, -0.15) is 5.26 Å². The summed E-state index contributed by atoms with van der Waals surface area (Å²) in [7, 11) is 1.18. The smallest absolute Gasteiger partial charge is 0.407 e. The van der Waals surface area contributed by atoms with Crippen LogP contribution in [0.5, 0.6) is 0 Å². The highest BCUT2D eigenvalue weighted by molar-refractivity contribution is 6.33. The van der Waals surface area contributed by atoms with E-state index in [-0.39, 0.29) is 109 Å². The van der Waals surface area contributed by atoms with Crippen LogP contribution in [-0.4, -0.2) is 145 Å². The van der Waals surface area contributed by atoms with Crippen LogP contribution in [0.1, 0.15) is 222 Å². The minimum absolute atomic E-state index is 0.0169. The zero-order chi connectivity index (χ0) is 77.8. The van der Waals surface area contributed by atoms with Gasteiger partial charge in [0.15, 0.2) is 46.5 Å². The lowest BCUT2D eigenvalue weighted by Gasteiger charge is -2.33. The maximum absolute atomic E-state index is 14.4. The maximum atomic E-state index is 14.4. The molecule has 4 aromatic heterocycles. The quantitative estimate of drug-likeness (QED) is 0.0229. The Bertz CT molecular complexity index is 3610. The highest BCUT2D eigenvalue weighted by atomic mass is 35.5. The van der Waals surface area contributed by atoms with Crippen molar-refractivity contribution in [2.75, 3.05) is 28.4 Å². The first-order valence-corrected chi connectivity index (χ1v) is 35.4. The van der Waals surface area contributed by atoms with E-state index in [1.807, 2.05) is 0 Å². The molecular weight excluding hydrogens is 1450 g/mol. The number of rotatable bonds is 15. The molecule has 574 valence electrons. The first-order chi connectivity index (χ1) is 48.4. The molecule has 0 unspecified atom stereocenters. The zero-order valence-electron chi connectivity index (χ0n) is 60.4. The zero-order valence-corrected chi connectivity index (χ0v) is 63.4. The van der Waals surface area contributed by atoms with Gasteiger partial charge in [0.25, 0.3) is 5.91 Å². The van der Waals surface area contributed by atoms with E-state index >= 15 is 0 Å². The van der Waals surface area contributed by atoms with E-state index < -0.39 is 93.5 Å². The molecule has 104 heavy (non-hydrogen) atoms. The van der Waals surface area contributed by atoms with Crippen molar-refractivity contribution in [3.63, 3.8) is 0 Å². The summed E-state index contributed by atoms with van der Waals surface area (Å²) >= 11 is 23.6. The summed E-state index contributed by atoms with van der Waals surface area (Å²) in [5.74, 6) is -6.19. The molecule has 0 spiro atoms. The molecule has 35 heteroatoms. The lowest BCUT2D eigenvalue weighted by atomic mass is 9.90. The number of hydrogen-bond acceptors (Lipinski definition) is 21. The number of anilines is 4. The lowest BCUT2D eigenvalue weighted by Crippen LogP contribution is -2.50. The van der Waals surface area contributed by atoms with Gasteiger partial charge in [0.1, 0.15) is 54.6 Å². The Kier molecular flexibility index (Phi) is 32.0. The Morgan fingerprint density at radius 1 is 0.433 bits per heavy atom. The summed E-state index contributed by atoms with van der Waals surface area (Å²) < 4.78 is 82.7. The molecule has 8 atom stereocenters. The molecule has 0 radical (unpaired) electrons. The van der Waals surface area contributed by atoms with E-state index in [1.165, 1.54) is 7.11 Å². The van der Waals surface area contributed by atoms with Gasteiger partial charge in [-0.1, -0.05) is 97.8 Å². The summed E-state index contributed by atoms with van der Waals surface area (Å²) in [6.07, 6.45) is 11.2. The number of carbonyl (C=O) groups excluding carboxylic acids is 6. The maximum Gasteiger partial charge on any atom is 0.407 e. The fourth-order valence-corrected chi connectivity index (χ4v) is 12.2. The van der Waals surface area contributed by atoms with Gasteiger partial charge in [-0.3, -0.25) is 4.79 Å². The van der Waals surface area contributed by atoms with E-state index in [2.05, 4.69) is 67.2 Å². The van der Waals surface area contributed by atoms with Crippen LogP contribution in [0.2, 0.25) is 20.6 Å². The number of primary amides is 1. The number of methoxy groups -OCH3 is 1. The van der Waals surface area contributed by atoms with Gasteiger partial charge in [0.05, 0.1) is 48.0 Å². The highest BCUT2D eigenvalue weighted by Crippen LogP contribution is 2.32. The predicted octanol–water partition coefficient (Wildman–Crippen LogP) is 14.9. The van der Waals surface area contributed by atoms with Crippen molar-refractivity contribution in [1.82, 2.24) is 41.2 Å². The number of aromatic carboxylic acids is 1. The number of hydrogen-bond donors (Lipinski definition) is 10. The van der Waals surface area contributed by atoms with Gasteiger partial charge >= 0.3 is 36.3 Å². The first kappa shape index (κ1) is 86.3. The predicted molar refractivity (Wildman–Crippen MR) is 384 cm³/mol. The third-order valence-corrected chi connectivity index (χ3v) is 17.1. The van der Waals surface area contributed by atoms with Crippen LogP contribution < -0.4 is 48.3 Å². The number of alkyl carbamates (subject to hydrolysis) is 4. The monoisotopic (exact) mass is 1540 g/mol. The Hall–Kier alpha value is -8.34. The van der Waals surface area contributed by atoms with Crippen molar-refractivity contribution in [1.29, 1.82) is 5.26 Å². The molecule has 4 heterocycles. The number of pyridine rings is 4.